The van der Waals surface area contributed by atoms with Crippen molar-refractivity contribution in [1.29, 1.82) is 0 Å². The van der Waals surface area contributed by atoms with Gasteiger partial charge in [-0.1, -0.05) is 0 Å². The standard InChI is InChI=1S/Cr.H3O4P.4H2O/c;1-5(2,3)4;;;;/h;(H3,1,2,3,4);4*1H2. The second-order valence-corrected chi connectivity index (χ2v) is 1.54. The molecule has 0 amide bonds. The molecular weight excluding hydrogens is 211 g/mol. The van der Waals surface area contributed by atoms with Crippen LogP contribution in [0.5, 0.6) is 0 Å². The van der Waals surface area contributed by atoms with E-state index in [0.29, 0.717) is 0 Å². The Morgan fingerprint density at radius 1 is 0.800 bits per heavy atom. The zero-order valence-electron chi connectivity index (χ0n) is 4.61. The van der Waals surface area contributed by atoms with Crippen LogP contribution >= 0.6 is 7.82 Å². The molecule has 0 aromatic rings. The second kappa shape index (κ2) is 16.2. The van der Waals surface area contributed by atoms with E-state index in [9.17, 15) is 0 Å². The topological polar surface area (TPSA) is 204 Å². The Morgan fingerprint density at radius 3 is 0.800 bits per heavy atom. The van der Waals surface area contributed by atoms with Crippen LogP contribution in [0, 0.1) is 0 Å². The predicted octanol–water partition coefficient (Wildman–Crippen LogP) is -4.23. The van der Waals surface area contributed by atoms with Gasteiger partial charge in [-0.3, -0.25) is 0 Å². The minimum absolute atomic E-state index is 0. The van der Waals surface area contributed by atoms with E-state index in [4.69, 9.17) is 19.2 Å². The average molecular weight is 222 g/mol. The Kier molecular flexibility index (Phi) is 76.2. The van der Waals surface area contributed by atoms with Gasteiger partial charge in [-0.15, -0.1) is 0 Å². The summed E-state index contributed by atoms with van der Waals surface area (Å²) in [5.41, 5.74) is 0. The molecule has 0 atom stereocenters. The third-order valence-electron chi connectivity index (χ3n) is 0. The van der Waals surface area contributed by atoms with Crippen LogP contribution in [0.1, 0.15) is 0 Å². The van der Waals surface area contributed by atoms with Gasteiger partial charge in [0.05, 0.1) is 0 Å². The summed E-state index contributed by atoms with van der Waals surface area (Å²) >= 11 is 0. The summed E-state index contributed by atoms with van der Waals surface area (Å²) in [5.74, 6) is 0. The maximum atomic E-state index is 8.88. The molecule has 0 aliphatic rings. The van der Waals surface area contributed by atoms with E-state index in [-0.39, 0.29) is 39.3 Å². The fraction of sp³-hybridized carbons (Fsp3) is 0. The molecule has 0 spiro atoms. The van der Waals surface area contributed by atoms with E-state index in [0.717, 1.165) is 0 Å². The fourth-order valence-corrected chi connectivity index (χ4v) is 0. The third kappa shape index (κ3) is 2040. The molecule has 0 unspecified atom stereocenters. The van der Waals surface area contributed by atoms with Crippen molar-refractivity contribution in [2.45, 2.75) is 0 Å². The van der Waals surface area contributed by atoms with Crippen molar-refractivity contribution in [3.05, 3.63) is 0 Å². The van der Waals surface area contributed by atoms with Gasteiger partial charge >= 0.3 is 7.82 Å². The van der Waals surface area contributed by atoms with Crippen molar-refractivity contribution in [2.24, 2.45) is 0 Å². The van der Waals surface area contributed by atoms with Crippen LogP contribution in [0.25, 0.3) is 0 Å². The first-order chi connectivity index (χ1) is 2.00. The van der Waals surface area contributed by atoms with E-state index < -0.39 is 7.82 Å². The van der Waals surface area contributed by atoms with Crippen LogP contribution < -0.4 is 0 Å². The molecule has 0 rings (SSSR count). The van der Waals surface area contributed by atoms with Crippen LogP contribution in [-0.4, -0.2) is 36.6 Å². The van der Waals surface area contributed by atoms with Gasteiger partial charge in [-0.2, -0.15) is 0 Å². The molecule has 0 saturated carbocycles. The second-order valence-electron chi connectivity index (χ2n) is 0.513. The molecule has 0 fully saturated rings. The summed E-state index contributed by atoms with van der Waals surface area (Å²) in [4.78, 5) is 21.6. The molecule has 0 aromatic carbocycles. The molecule has 0 aliphatic carbocycles. The molecule has 8 nitrogen and oxygen atoms in total. The maximum Gasteiger partial charge on any atom is 0.466 e. The van der Waals surface area contributed by atoms with Crippen LogP contribution in [0.15, 0.2) is 0 Å². The van der Waals surface area contributed by atoms with Crippen molar-refractivity contribution in [3.8, 4) is 0 Å². The molecule has 10 heavy (non-hydrogen) atoms. The SMILES string of the molecule is O.O.O.O.O=P(O)(O)O.[Cr]. The Balaban J connectivity index is -0.00000000800. The molecule has 0 radical (unpaired) electrons. The Labute approximate surface area is 67.1 Å². The summed E-state index contributed by atoms with van der Waals surface area (Å²) in [7, 11) is -4.64. The smallest absolute Gasteiger partial charge is 0.412 e. The van der Waals surface area contributed by atoms with Crippen LogP contribution in [0.4, 0.5) is 0 Å². The van der Waals surface area contributed by atoms with E-state index in [1.54, 1.807) is 0 Å². The summed E-state index contributed by atoms with van der Waals surface area (Å²) in [5, 5.41) is 0. The molecule has 11 N–H and O–H groups in total. The minimum atomic E-state index is -4.64. The predicted molar refractivity (Wildman–Crippen MR) is 28.7 cm³/mol. The van der Waals surface area contributed by atoms with E-state index in [1.807, 2.05) is 0 Å². The van der Waals surface area contributed by atoms with Crippen molar-refractivity contribution in [3.63, 3.8) is 0 Å². The normalized spacial score (nSPS) is 5.90. The minimum Gasteiger partial charge on any atom is -0.412 e. The van der Waals surface area contributed by atoms with Crippen LogP contribution in [-0.2, 0) is 21.9 Å². The van der Waals surface area contributed by atoms with Gasteiger partial charge in [-0.25, -0.2) is 4.57 Å². The van der Waals surface area contributed by atoms with Gasteiger partial charge in [0.2, 0.25) is 0 Å². The average Bonchev–Trinajstić information content (AvgIpc) is 0.722. The van der Waals surface area contributed by atoms with Crippen molar-refractivity contribution < 1.29 is 58.5 Å². The van der Waals surface area contributed by atoms with Gasteiger partial charge in [0, 0.05) is 17.4 Å². The largest absolute Gasteiger partial charge is 0.466 e. The summed E-state index contributed by atoms with van der Waals surface area (Å²) in [6.07, 6.45) is 0. The number of hydrogen-bond donors (Lipinski definition) is 3. The molecular formula is H11CrO8P. The quantitative estimate of drug-likeness (QED) is 0.348. The number of phosphoric acid groups is 1. The van der Waals surface area contributed by atoms with E-state index in [1.165, 1.54) is 0 Å². The third-order valence-corrected chi connectivity index (χ3v) is 0. The zero-order chi connectivity index (χ0) is 4.50. The molecule has 0 saturated heterocycles. The Bertz CT molecular complexity index is 55.4. The van der Waals surface area contributed by atoms with Crippen molar-refractivity contribution >= 4 is 7.82 Å². The molecule has 0 aliphatic heterocycles. The number of rotatable bonds is 0. The van der Waals surface area contributed by atoms with Crippen molar-refractivity contribution in [2.75, 3.05) is 0 Å². The van der Waals surface area contributed by atoms with Gasteiger partial charge in [0.1, 0.15) is 0 Å². The van der Waals surface area contributed by atoms with Gasteiger partial charge in [-0.05, 0) is 0 Å². The van der Waals surface area contributed by atoms with E-state index in [2.05, 4.69) is 0 Å². The molecule has 0 heterocycles. The number of hydrogen-bond acceptors (Lipinski definition) is 1. The summed E-state index contributed by atoms with van der Waals surface area (Å²) in [6, 6.07) is 0. The first kappa shape index (κ1) is 46.9. The summed E-state index contributed by atoms with van der Waals surface area (Å²) < 4.78 is 8.88. The summed E-state index contributed by atoms with van der Waals surface area (Å²) in [6.45, 7) is 0. The van der Waals surface area contributed by atoms with Crippen molar-refractivity contribution in [1.82, 2.24) is 0 Å². The first-order valence-electron chi connectivity index (χ1n) is 0.783. The molecule has 10 heteroatoms. The Morgan fingerprint density at radius 2 is 0.800 bits per heavy atom. The van der Waals surface area contributed by atoms with Gasteiger partial charge < -0.3 is 36.6 Å². The zero-order valence-corrected chi connectivity index (χ0v) is 6.77. The molecule has 0 aromatic heterocycles. The van der Waals surface area contributed by atoms with Crippen LogP contribution in [0.3, 0.4) is 0 Å². The first-order valence-corrected chi connectivity index (χ1v) is 2.35. The van der Waals surface area contributed by atoms with Gasteiger partial charge in [0.15, 0.2) is 0 Å². The van der Waals surface area contributed by atoms with Crippen LogP contribution in [0.2, 0.25) is 0 Å². The molecule has 70 valence electrons. The molecule has 0 bridgehead atoms. The fourth-order valence-electron chi connectivity index (χ4n) is 0. The van der Waals surface area contributed by atoms with E-state index >= 15 is 0 Å². The maximum absolute atomic E-state index is 8.88. The Hall–Kier alpha value is 0.482. The van der Waals surface area contributed by atoms with Gasteiger partial charge in [0.25, 0.3) is 0 Å². The monoisotopic (exact) mass is 222 g/mol.